The topological polar surface area (TPSA) is 34.9 Å². The van der Waals surface area contributed by atoms with Crippen molar-refractivity contribution in [2.45, 2.75) is 19.9 Å². The Morgan fingerprint density at radius 3 is 2.70 bits per heavy atom. The highest BCUT2D eigenvalue weighted by atomic mass is 16.1. The third-order valence-electron chi connectivity index (χ3n) is 1.23. The van der Waals surface area contributed by atoms with Crippen molar-refractivity contribution in [2.24, 2.45) is 0 Å². The van der Waals surface area contributed by atoms with Gasteiger partial charge in [0, 0.05) is 12.3 Å². The van der Waals surface area contributed by atoms with Gasteiger partial charge in [-0.3, -0.25) is 4.79 Å². The highest BCUT2D eigenvalue weighted by molar-refractivity contribution is 4.85. The molecule has 0 saturated heterocycles. The van der Waals surface area contributed by atoms with Crippen molar-refractivity contribution in [3.63, 3.8) is 0 Å². The molecule has 0 aromatic carbocycles. The predicted octanol–water partition coefficient (Wildman–Crippen LogP) is 0.824. The number of rotatable bonds is 1. The second kappa shape index (κ2) is 2.64. The Morgan fingerprint density at radius 1 is 1.60 bits per heavy atom. The average molecular weight is 138 g/mol. The molecule has 0 aliphatic rings. The lowest BCUT2D eigenvalue weighted by atomic mass is 10.4. The fourth-order valence-corrected chi connectivity index (χ4v) is 0.757. The molecule has 3 heteroatoms. The summed E-state index contributed by atoms with van der Waals surface area (Å²) in [5, 5.41) is 3.88. The van der Waals surface area contributed by atoms with E-state index in [1.54, 1.807) is 12.3 Å². The largest absolute Gasteiger partial charge is 0.268 e. The molecule has 3 nitrogen and oxygen atoms in total. The summed E-state index contributed by atoms with van der Waals surface area (Å²) in [5.41, 5.74) is -0.0440. The molecule has 1 aromatic heterocycles. The third-order valence-corrected chi connectivity index (χ3v) is 1.23. The molecule has 0 aliphatic carbocycles. The van der Waals surface area contributed by atoms with E-state index in [4.69, 9.17) is 0 Å². The van der Waals surface area contributed by atoms with Gasteiger partial charge >= 0.3 is 0 Å². The van der Waals surface area contributed by atoms with Crippen LogP contribution >= 0.6 is 0 Å². The molecular weight excluding hydrogens is 128 g/mol. The highest BCUT2D eigenvalue weighted by Gasteiger charge is 1.97. The van der Waals surface area contributed by atoms with Gasteiger partial charge in [0.2, 0.25) is 0 Å². The lowest BCUT2D eigenvalue weighted by Gasteiger charge is -2.04. The van der Waals surface area contributed by atoms with Gasteiger partial charge in [-0.15, -0.1) is 0 Å². The Hall–Kier alpha value is -1.12. The number of hydrogen-bond acceptors (Lipinski definition) is 2. The van der Waals surface area contributed by atoms with E-state index in [2.05, 4.69) is 5.10 Å². The van der Waals surface area contributed by atoms with E-state index < -0.39 is 0 Å². The SMILES string of the molecule is CC(C)n1ncccc1=O. The summed E-state index contributed by atoms with van der Waals surface area (Å²) in [4.78, 5) is 11.0. The Bertz CT molecular complexity index is 264. The fraction of sp³-hybridized carbons (Fsp3) is 0.429. The van der Waals surface area contributed by atoms with Crippen LogP contribution in [0.1, 0.15) is 19.9 Å². The fourth-order valence-electron chi connectivity index (χ4n) is 0.757. The van der Waals surface area contributed by atoms with E-state index in [-0.39, 0.29) is 11.6 Å². The number of hydrogen-bond donors (Lipinski definition) is 0. The normalized spacial score (nSPS) is 10.3. The molecular formula is C7H10N2O. The maximum atomic E-state index is 11.0. The first-order valence-corrected chi connectivity index (χ1v) is 3.25. The molecule has 10 heavy (non-hydrogen) atoms. The first-order chi connectivity index (χ1) is 4.72. The van der Waals surface area contributed by atoms with Crippen molar-refractivity contribution in [1.29, 1.82) is 0 Å². The summed E-state index contributed by atoms with van der Waals surface area (Å²) in [7, 11) is 0. The zero-order chi connectivity index (χ0) is 7.56. The molecule has 54 valence electrons. The van der Waals surface area contributed by atoms with Gasteiger partial charge in [0.25, 0.3) is 5.56 Å². The van der Waals surface area contributed by atoms with Crippen LogP contribution in [0, 0.1) is 0 Å². The van der Waals surface area contributed by atoms with Crippen LogP contribution in [0.4, 0.5) is 0 Å². The second-order valence-corrected chi connectivity index (χ2v) is 2.40. The molecule has 0 radical (unpaired) electrons. The van der Waals surface area contributed by atoms with E-state index in [0.717, 1.165) is 0 Å². The molecule has 0 fully saturated rings. The standard InChI is InChI=1S/C7H10N2O/c1-6(2)9-7(10)4-3-5-8-9/h3-6H,1-2H3. The number of aromatic nitrogens is 2. The molecule has 0 bridgehead atoms. The van der Waals surface area contributed by atoms with Gasteiger partial charge in [-0.25, -0.2) is 4.68 Å². The zero-order valence-corrected chi connectivity index (χ0v) is 6.11. The van der Waals surface area contributed by atoms with E-state index in [0.29, 0.717) is 0 Å². The van der Waals surface area contributed by atoms with Crippen molar-refractivity contribution in [3.8, 4) is 0 Å². The first-order valence-electron chi connectivity index (χ1n) is 3.25. The first kappa shape index (κ1) is 6.99. The van der Waals surface area contributed by atoms with E-state index >= 15 is 0 Å². The molecule has 0 N–H and O–H groups in total. The van der Waals surface area contributed by atoms with Gasteiger partial charge in [0.1, 0.15) is 0 Å². The summed E-state index contributed by atoms with van der Waals surface area (Å²) < 4.78 is 1.44. The quantitative estimate of drug-likeness (QED) is 0.576. The smallest absolute Gasteiger partial charge is 0.266 e. The van der Waals surface area contributed by atoms with Crippen LogP contribution in [0.5, 0.6) is 0 Å². The Balaban J connectivity index is 3.16. The van der Waals surface area contributed by atoms with E-state index in [1.807, 2.05) is 13.8 Å². The van der Waals surface area contributed by atoms with Crippen LogP contribution in [0.3, 0.4) is 0 Å². The highest BCUT2D eigenvalue weighted by Crippen LogP contribution is 1.93. The molecule has 0 unspecified atom stereocenters. The minimum absolute atomic E-state index is 0.0440. The Labute approximate surface area is 59.3 Å². The average Bonchev–Trinajstić information content (AvgIpc) is 1.88. The van der Waals surface area contributed by atoms with Gasteiger partial charge in [-0.2, -0.15) is 5.10 Å². The van der Waals surface area contributed by atoms with Crippen molar-refractivity contribution in [2.75, 3.05) is 0 Å². The van der Waals surface area contributed by atoms with Gasteiger partial charge in [-0.05, 0) is 19.9 Å². The Kier molecular flexibility index (Phi) is 1.85. The Morgan fingerprint density at radius 2 is 2.30 bits per heavy atom. The molecule has 0 spiro atoms. The molecule has 0 aliphatic heterocycles. The van der Waals surface area contributed by atoms with Crippen molar-refractivity contribution in [1.82, 2.24) is 9.78 Å². The zero-order valence-electron chi connectivity index (χ0n) is 6.11. The summed E-state index contributed by atoms with van der Waals surface area (Å²) in [5.74, 6) is 0. The lowest BCUT2D eigenvalue weighted by molar-refractivity contribution is 0.502. The molecule has 1 rings (SSSR count). The maximum absolute atomic E-state index is 11.0. The molecule has 0 atom stereocenters. The van der Waals surface area contributed by atoms with Crippen LogP contribution in [-0.4, -0.2) is 9.78 Å². The van der Waals surface area contributed by atoms with Gasteiger partial charge in [-0.1, -0.05) is 0 Å². The molecule has 1 heterocycles. The number of nitrogens with zero attached hydrogens (tertiary/aromatic N) is 2. The predicted molar refractivity (Wildman–Crippen MR) is 38.9 cm³/mol. The summed E-state index contributed by atoms with van der Waals surface area (Å²) in [6, 6.07) is 3.29. The monoisotopic (exact) mass is 138 g/mol. The van der Waals surface area contributed by atoms with Crippen LogP contribution in [0.15, 0.2) is 23.1 Å². The second-order valence-electron chi connectivity index (χ2n) is 2.40. The molecule has 0 amide bonds. The van der Waals surface area contributed by atoms with Crippen molar-refractivity contribution < 1.29 is 0 Å². The minimum atomic E-state index is -0.0440. The lowest BCUT2D eigenvalue weighted by Crippen LogP contribution is -2.22. The van der Waals surface area contributed by atoms with Gasteiger partial charge in [0.05, 0.1) is 6.04 Å². The maximum Gasteiger partial charge on any atom is 0.266 e. The molecule has 0 saturated carbocycles. The van der Waals surface area contributed by atoms with E-state index in [9.17, 15) is 4.79 Å². The minimum Gasteiger partial charge on any atom is -0.268 e. The van der Waals surface area contributed by atoms with Gasteiger partial charge in [0.15, 0.2) is 0 Å². The summed E-state index contributed by atoms with van der Waals surface area (Å²) >= 11 is 0. The van der Waals surface area contributed by atoms with Crippen molar-refractivity contribution >= 4 is 0 Å². The van der Waals surface area contributed by atoms with Crippen LogP contribution in [0.25, 0.3) is 0 Å². The van der Waals surface area contributed by atoms with E-state index in [1.165, 1.54) is 10.7 Å². The molecule has 1 aromatic rings. The van der Waals surface area contributed by atoms with Gasteiger partial charge < -0.3 is 0 Å². The van der Waals surface area contributed by atoms with Crippen LogP contribution in [-0.2, 0) is 0 Å². The van der Waals surface area contributed by atoms with Crippen molar-refractivity contribution in [3.05, 3.63) is 28.7 Å². The summed E-state index contributed by atoms with van der Waals surface area (Å²) in [6.45, 7) is 3.85. The summed E-state index contributed by atoms with van der Waals surface area (Å²) in [6.07, 6.45) is 1.61. The third kappa shape index (κ3) is 1.23. The van der Waals surface area contributed by atoms with Crippen LogP contribution < -0.4 is 5.56 Å². The van der Waals surface area contributed by atoms with Crippen LogP contribution in [0.2, 0.25) is 0 Å².